The summed E-state index contributed by atoms with van der Waals surface area (Å²) in [6.45, 7) is 17.9. The van der Waals surface area contributed by atoms with Gasteiger partial charge >= 0.3 is 0 Å². The number of fused-ring (bicyclic) bond motifs is 9. The molecule has 0 unspecified atom stereocenters. The van der Waals surface area contributed by atoms with Crippen molar-refractivity contribution in [2.45, 2.75) is 84.5 Å². The first-order valence-corrected chi connectivity index (χ1v) is 22.3. The quantitative estimate of drug-likeness (QED) is 0.153. The Balaban J connectivity index is 0.000000103. The molecule has 14 rings (SSSR count). The van der Waals surface area contributed by atoms with Gasteiger partial charge < -0.3 is 13.3 Å². The van der Waals surface area contributed by atoms with E-state index < -0.39 is 0 Å². The Morgan fingerprint density at radius 1 is 0.403 bits per heavy atom. The lowest BCUT2D eigenvalue weighted by molar-refractivity contribution is 0.616. The topological polar surface area (TPSA) is 39.4 Å². The van der Waals surface area contributed by atoms with E-state index in [0.717, 1.165) is 29.6 Å². The molecule has 3 heterocycles. The summed E-state index contributed by atoms with van der Waals surface area (Å²) in [4.78, 5) is 0. The van der Waals surface area contributed by atoms with Crippen LogP contribution in [0.3, 0.4) is 0 Å². The van der Waals surface area contributed by atoms with Gasteiger partial charge in [0, 0.05) is 49.1 Å². The fraction of sp³-hybridized carbons (Fsp3) is 0.220. The van der Waals surface area contributed by atoms with Crippen molar-refractivity contribution in [1.82, 2.24) is 0 Å². The van der Waals surface area contributed by atoms with Gasteiger partial charge in [-0.3, -0.25) is 0 Å². The summed E-state index contributed by atoms with van der Waals surface area (Å²) in [6.07, 6.45) is 16.8. The third-order valence-corrected chi connectivity index (χ3v) is 14.5. The van der Waals surface area contributed by atoms with Crippen LogP contribution in [-0.2, 0) is 29.1 Å². The highest BCUT2D eigenvalue weighted by Gasteiger charge is 2.38. The highest BCUT2D eigenvalue weighted by Crippen LogP contribution is 2.53. The molecule has 5 aliphatic carbocycles. The molecule has 3 aromatic heterocycles. The Hall–Kier alpha value is -6.58. The minimum Gasteiger partial charge on any atom is -0.464 e. The highest BCUT2D eigenvalue weighted by atomic mass is 16.3. The van der Waals surface area contributed by atoms with E-state index in [4.69, 9.17) is 13.3 Å². The normalized spacial score (nSPS) is 16.2. The van der Waals surface area contributed by atoms with Crippen molar-refractivity contribution in [2.75, 3.05) is 0 Å². The molecular weight excluding hydrogens is 757 g/mol. The van der Waals surface area contributed by atoms with Crippen LogP contribution < -0.4 is 0 Å². The fourth-order valence-electron chi connectivity index (χ4n) is 11.3. The third-order valence-electron chi connectivity index (χ3n) is 14.5. The molecule has 3 nitrogen and oxygen atoms in total. The van der Waals surface area contributed by atoms with E-state index in [1.807, 2.05) is 38.7 Å². The molecule has 0 amide bonds. The van der Waals surface area contributed by atoms with E-state index in [2.05, 4.69) is 163 Å². The molecule has 62 heavy (non-hydrogen) atoms. The zero-order valence-electron chi connectivity index (χ0n) is 37.0. The molecule has 0 N–H and O–H groups in total. The molecule has 0 aliphatic heterocycles. The number of hydrogen-bond donors (Lipinski definition) is 0. The monoisotopic (exact) mass is 808 g/mol. The van der Waals surface area contributed by atoms with Crippen molar-refractivity contribution in [3.8, 4) is 33.4 Å². The van der Waals surface area contributed by atoms with Crippen LogP contribution in [0, 0.1) is 0 Å². The van der Waals surface area contributed by atoms with E-state index in [9.17, 15) is 0 Å². The zero-order valence-corrected chi connectivity index (χ0v) is 37.0. The van der Waals surface area contributed by atoms with Crippen molar-refractivity contribution < 1.29 is 13.3 Å². The smallest absolute Gasteiger partial charge is 0.134 e. The molecule has 5 aliphatic rings. The number of furan rings is 3. The second kappa shape index (κ2) is 13.7. The van der Waals surface area contributed by atoms with Gasteiger partial charge in [-0.1, -0.05) is 152 Å². The second-order valence-electron chi connectivity index (χ2n) is 18.8. The summed E-state index contributed by atoms with van der Waals surface area (Å²) in [5.41, 5.74) is 24.8. The number of hydrogen-bond acceptors (Lipinski definition) is 3. The van der Waals surface area contributed by atoms with E-state index in [0.29, 0.717) is 0 Å². The molecular formula is C59H52O3. The van der Waals surface area contributed by atoms with Crippen molar-refractivity contribution in [2.24, 2.45) is 0 Å². The standard InChI is InChI=1S/2C20H16O.C17H14O.C2H6/c1-20(2)16-7-4-8-18-19(16)15(11-21-18)14-9-12-5-3-6-13(12)10-17(14)20;1-20(2)15-7-4-8-17-19(15)14(11-21-17)18-13-6-3-5-12(13)9-10-16(18)20;1-17(2)13-7-4-3-6-11(13)12-10-18-15-9-5-8-14(17)16(12)15;1-2/h3-4,6-11H,5H2,1-2H3;3-5,7-11H,6H2,1-2H3;3-10H,1-2H3;1-2H3. The van der Waals surface area contributed by atoms with Gasteiger partial charge in [0.05, 0.1) is 18.8 Å². The average molecular weight is 809 g/mol. The van der Waals surface area contributed by atoms with Gasteiger partial charge in [0.15, 0.2) is 0 Å². The Bertz CT molecular complexity index is 3350. The predicted molar refractivity (Wildman–Crippen MR) is 258 cm³/mol. The molecule has 0 bridgehead atoms. The van der Waals surface area contributed by atoms with E-state index in [1.54, 1.807) is 0 Å². The Kier molecular flexibility index (Phi) is 8.48. The summed E-state index contributed by atoms with van der Waals surface area (Å²) in [5, 5.41) is 3.87. The van der Waals surface area contributed by atoms with E-state index in [-0.39, 0.29) is 16.2 Å². The van der Waals surface area contributed by atoms with Gasteiger partial charge in [0.2, 0.25) is 0 Å². The van der Waals surface area contributed by atoms with Crippen LogP contribution in [0.4, 0.5) is 0 Å². The Morgan fingerprint density at radius 3 is 1.55 bits per heavy atom. The van der Waals surface area contributed by atoms with Gasteiger partial charge in [-0.15, -0.1) is 0 Å². The van der Waals surface area contributed by atoms with E-state index >= 15 is 0 Å². The second-order valence-corrected chi connectivity index (χ2v) is 18.8. The van der Waals surface area contributed by atoms with Crippen LogP contribution in [0.2, 0.25) is 0 Å². The van der Waals surface area contributed by atoms with Gasteiger partial charge in [0.1, 0.15) is 16.7 Å². The first-order valence-electron chi connectivity index (χ1n) is 22.3. The highest BCUT2D eigenvalue weighted by molar-refractivity contribution is 6.04. The van der Waals surface area contributed by atoms with Crippen molar-refractivity contribution in [1.29, 1.82) is 0 Å². The zero-order chi connectivity index (χ0) is 42.7. The molecule has 306 valence electrons. The van der Waals surface area contributed by atoms with Crippen LogP contribution in [0.25, 0.3) is 78.4 Å². The third kappa shape index (κ3) is 5.30. The number of allylic oxidation sites excluding steroid dienone is 2. The molecule has 0 atom stereocenters. The molecule has 3 heteroatoms. The summed E-state index contributed by atoms with van der Waals surface area (Å²) in [6, 6.07) is 37.1. The summed E-state index contributed by atoms with van der Waals surface area (Å²) >= 11 is 0. The predicted octanol–water partition coefficient (Wildman–Crippen LogP) is 16.4. The lowest BCUT2D eigenvalue weighted by Gasteiger charge is -2.34. The van der Waals surface area contributed by atoms with Gasteiger partial charge in [0.25, 0.3) is 0 Å². The average Bonchev–Trinajstić information content (AvgIpc) is 4.15. The van der Waals surface area contributed by atoms with Crippen molar-refractivity contribution in [3.63, 3.8) is 0 Å². The molecule has 0 radical (unpaired) electrons. The SMILES string of the molecule is CC.CC1(C)c2cc3c(cc2-c2coc4cccc1c24)CC=C3.CC1(C)c2ccc3c(c2-c2coc4cccc1c24)CC=C3.CC1(C)c2ccccc2-c2coc3cccc1c23. The minimum atomic E-state index is 0.0111. The van der Waals surface area contributed by atoms with Crippen molar-refractivity contribution >= 4 is 45.1 Å². The van der Waals surface area contributed by atoms with Crippen LogP contribution >= 0.6 is 0 Å². The van der Waals surface area contributed by atoms with Crippen LogP contribution in [0.1, 0.15) is 111 Å². The maximum Gasteiger partial charge on any atom is 0.134 e. The lowest BCUT2D eigenvalue weighted by Crippen LogP contribution is -2.23. The maximum absolute atomic E-state index is 5.85. The molecule has 0 fully saturated rings. The van der Waals surface area contributed by atoms with Gasteiger partial charge in [-0.2, -0.15) is 0 Å². The molecule has 6 aromatic carbocycles. The van der Waals surface area contributed by atoms with Gasteiger partial charge in [-0.25, -0.2) is 0 Å². The fourth-order valence-corrected chi connectivity index (χ4v) is 11.3. The van der Waals surface area contributed by atoms with Gasteiger partial charge in [-0.05, 0) is 115 Å². The first kappa shape index (κ1) is 38.3. The summed E-state index contributed by atoms with van der Waals surface area (Å²) in [5.74, 6) is 0. The minimum absolute atomic E-state index is 0.0111. The molecule has 0 spiro atoms. The number of benzene rings is 6. The Morgan fingerprint density at radius 2 is 0.903 bits per heavy atom. The van der Waals surface area contributed by atoms with Crippen LogP contribution in [0.15, 0.2) is 147 Å². The van der Waals surface area contributed by atoms with Crippen molar-refractivity contribution in [3.05, 3.63) is 190 Å². The summed E-state index contributed by atoms with van der Waals surface area (Å²) < 4.78 is 17.4. The molecule has 0 saturated heterocycles. The van der Waals surface area contributed by atoms with E-state index in [1.165, 1.54) is 105 Å². The lowest BCUT2D eigenvalue weighted by atomic mass is 9.68. The molecule has 9 aromatic rings. The summed E-state index contributed by atoms with van der Waals surface area (Å²) in [7, 11) is 0. The number of rotatable bonds is 0. The Labute approximate surface area is 364 Å². The maximum atomic E-state index is 5.85. The van der Waals surface area contributed by atoms with Crippen LogP contribution in [-0.4, -0.2) is 0 Å². The van der Waals surface area contributed by atoms with Crippen LogP contribution in [0.5, 0.6) is 0 Å². The largest absolute Gasteiger partial charge is 0.464 e. The molecule has 0 saturated carbocycles. The first-order chi connectivity index (χ1) is 30.0.